The lowest BCUT2D eigenvalue weighted by Gasteiger charge is -2.13. The third kappa shape index (κ3) is 3.44. The van der Waals surface area contributed by atoms with Gasteiger partial charge in [0.1, 0.15) is 17.1 Å². The van der Waals surface area contributed by atoms with Crippen molar-refractivity contribution in [2.45, 2.75) is 13.1 Å². The van der Waals surface area contributed by atoms with Gasteiger partial charge in [-0.05, 0) is 41.3 Å². The molecule has 0 saturated carbocycles. The van der Waals surface area contributed by atoms with E-state index in [2.05, 4.69) is 5.32 Å². The molecule has 5 rings (SSSR count). The third-order valence-electron chi connectivity index (χ3n) is 5.08. The van der Waals surface area contributed by atoms with Gasteiger partial charge in [-0.25, -0.2) is 13.8 Å². The number of thiophene rings is 1. The van der Waals surface area contributed by atoms with E-state index in [-0.39, 0.29) is 30.3 Å². The molecule has 2 aromatic carbocycles. The molecule has 4 aromatic rings. The molecule has 32 heavy (non-hydrogen) atoms. The first-order valence-electron chi connectivity index (χ1n) is 9.66. The summed E-state index contributed by atoms with van der Waals surface area (Å²) in [5.41, 5.74) is -0.443. The molecule has 8 nitrogen and oxygen atoms in total. The van der Waals surface area contributed by atoms with Crippen LogP contribution in [0.4, 0.5) is 4.39 Å². The van der Waals surface area contributed by atoms with Crippen molar-refractivity contribution in [2.24, 2.45) is 0 Å². The van der Waals surface area contributed by atoms with Gasteiger partial charge in [-0.3, -0.25) is 14.2 Å². The van der Waals surface area contributed by atoms with Crippen LogP contribution in [0.1, 0.15) is 5.56 Å². The number of nitrogens with one attached hydrogen (secondary N) is 1. The Labute approximate surface area is 184 Å². The van der Waals surface area contributed by atoms with Gasteiger partial charge in [-0.15, -0.1) is 11.3 Å². The molecule has 162 valence electrons. The smallest absolute Gasteiger partial charge is 0.336 e. The summed E-state index contributed by atoms with van der Waals surface area (Å²) in [6, 6.07) is 12.4. The summed E-state index contributed by atoms with van der Waals surface area (Å²) in [5.74, 6) is 0.101. The first-order valence-corrected chi connectivity index (χ1v) is 10.5. The molecular formula is C22H16FN3O5S. The predicted molar refractivity (Wildman–Crippen MR) is 116 cm³/mol. The lowest BCUT2D eigenvalue weighted by Crippen LogP contribution is -2.41. The summed E-state index contributed by atoms with van der Waals surface area (Å²) in [6.45, 7) is 0.0394. The molecule has 0 fully saturated rings. The Morgan fingerprint density at radius 3 is 2.75 bits per heavy atom. The highest BCUT2D eigenvalue weighted by Gasteiger charge is 2.19. The van der Waals surface area contributed by atoms with E-state index in [0.29, 0.717) is 17.0 Å². The van der Waals surface area contributed by atoms with E-state index in [0.717, 1.165) is 21.5 Å². The van der Waals surface area contributed by atoms with Crippen molar-refractivity contribution in [1.29, 1.82) is 0 Å². The average molecular weight is 453 g/mol. The van der Waals surface area contributed by atoms with Crippen molar-refractivity contribution >= 4 is 27.5 Å². The zero-order valence-electron chi connectivity index (χ0n) is 16.5. The van der Waals surface area contributed by atoms with Crippen molar-refractivity contribution in [3.05, 3.63) is 86.1 Å². The van der Waals surface area contributed by atoms with Crippen molar-refractivity contribution in [1.82, 2.24) is 14.5 Å². The Kier molecular flexibility index (Phi) is 4.98. The minimum atomic E-state index is -0.788. The van der Waals surface area contributed by atoms with E-state index >= 15 is 0 Å². The molecular weight excluding hydrogens is 437 g/mol. The number of halogens is 1. The molecule has 1 aliphatic heterocycles. The van der Waals surface area contributed by atoms with Crippen LogP contribution in [0, 0.1) is 5.82 Å². The van der Waals surface area contributed by atoms with Crippen molar-refractivity contribution in [3.8, 4) is 17.2 Å². The predicted octanol–water partition coefficient (Wildman–Crippen LogP) is 2.40. The normalized spacial score (nSPS) is 12.3. The van der Waals surface area contributed by atoms with Crippen LogP contribution in [0.2, 0.25) is 0 Å². The number of amides is 1. The van der Waals surface area contributed by atoms with Gasteiger partial charge in [-0.2, -0.15) is 0 Å². The molecule has 10 heteroatoms. The first-order chi connectivity index (χ1) is 15.5. The number of aromatic nitrogens is 2. The maximum Gasteiger partial charge on any atom is 0.336 e. The fourth-order valence-electron chi connectivity index (χ4n) is 3.54. The van der Waals surface area contributed by atoms with Crippen LogP contribution in [0.25, 0.3) is 15.9 Å². The number of carbonyl (C=O) groups excluding carboxylic acids is 1. The summed E-state index contributed by atoms with van der Waals surface area (Å²) in [4.78, 5) is 38.7. The van der Waals surface area contributed by atoms with Gasteiger partial charge in [0, 0.05) is 6.54 Å². The minimum Gasteiger partial charge on any atom is -0.454 e. The van der Waals surface area contributed by atoms with Crippen LogP contribution >= 0.6 is 11.3 Å². The number of para-hydroxylation sites is 1. The molecule has 0 radical (unpaired) electrons. The first kappa shape index (κ1) is 20.0. The van der Waals surface area contributed by atoms with Gasteiger partial charge in [0.25, 0.3) is 5.56 Å². The molecule has 1 amide bonds. The molecule has 0 unspecified atom stereocenters. The van der Waals surface area contributed by atoms with Gasteiger partial charge in [0.05, 0.1) is 11.2 Å². The lowest BCUT2D eigenvalue weighted by atomic mass is 10.2. The van der Waals surface area contributed by atoms with Gasteiger partial charge in [-0.1, -0.05) is 18.2 Å². The molecule has 0 spiro atoms. The standard InChI is InChI=1S/C22H16FN3O5S/c23-14-3-1-2-4-15(14)26-21(28)20-16(7-8-32-20)25(22(26)29)11-19(27)24-10-13-5-6-17-18(9-13)31-12-30-17/h1-9H,10-12H2,(H,24,27). The Hall–Kier alpha value is -3.92. The zero-order chi connectivity index (χ0) is 22.2. The van der Waals surface area contributed by atoms with E-state index < -0.39 is 23.0 Å². The van der Waals surface area contributed by atoms with Crippen LogP contribution in [0.5, 0.6) is 11.5 Å². The maximum atomic E-state index is 14.4. The molecule has 0 aliphatic carbocycles. The van der Waals surface area contributed by atoms with E-state index in [4.69, 9.17) is 9.47 Å². The van der Waals surface area contributed by atoms with Crippen molar-refractivity contribution in [2.75, 3.05) is 6.79 Å². The van der Waals surface area contributed by atoms with Gasteiger partial charge in [0.2, 0.25) is 12.7 Å². The third-order valence-corrected chi connectivity index (χ3v) is 5.97. The summed E-state index contributed by atoms with van der Waals surface area (Å²) >= 11 is 1.13. The average Bonchev–Trinajstić information content (AvgIpc) is 3.46. The molecule has 1 N–H and O–H groups in total. The van der Waals surface area contributed by atoms with Gasteiger partial charge < -0.3 is 14.8 Å². The van der Waals surface area contributed by atoms with E-state index in [1.54, 1.807) is 29.6 Å². The molecule has 0 bridgehead atoms. The van der Waals surface area contributed by atoms with Crippen molar-refractivity contribution in [3.63, 3.8) is 0 Å². The fourth-order valence-corrected chi connectivity index (χ4v) is 4.36. The number of nitrogens with zero attached hydrogens (tertiary/aromatic N) is 2. The van der Waals surface area contributed by atoms with Crippen LogP contribution < -0.4 is 26.0 Å². The highest BCUT2D eigenvalue weighted by molar-refractivity contribution is 7.17. The second-order valence-electron chi connectivity index (χ2n) is 7.06. The topological polar surface area (TPSA) is 91.6 Å². The molecule has 3 heterocycles. The Bertz CT molecular complexity index is 1470. The Morgan fingerprint density at radius 2 is 1.91 bits per heavy atom. The van der Waals surface area contributed by atoms with Gasteiger partial charge in [0.15, 0.2) is 11.5 Å². The molecule has 0 saturated heterocycles. The SMILES string of the molecule is O=C(Cn1c(=O)n(-c2ccccc2F)c(=O)c2sccc21)NCc1ccc2c(c1)OCO2. The van der Waals surface area contributed by atoms with Crippen LogP contribution in [-0.4, -0.2) is 21.8 Å². The quantitative estimate of drug-likeness (QED) is 0.501. The minimum absolute atomic E-state index is 0.155. The number of fused-ring (bicyclic) bond motifs is 2. The monoisotopic (exact) mass is 453 g/mol. The summed E-state index contributed by atoms with van der Waals surface area (Å²) in [5, 5.41) is 4.41. The van der Waals surface area contributed by atoms with Crippen molar-refractivity contribution < 1.29 is 18.7 Å². The fraction of sp³-hybridized carbons (Fsp3) is 0.136. The number of hydrogen-bond donors (Lipinski definition) is 1. The number of benzene rings is 2. The van der Waals surface area contributed by atoms with Crippen LogP contribution in [0.15, 0.2) is 63.5 Å². The Morgan fingerprint density at radius 1 is 1.09 bits per heavy atom. The molecule has 1 aliphatic rings. The largest absolute Gasteiger partial charge is 0.454 e. The van der Waals surface area contributed by atoms with E-state index in [9.17, 15) is 18.8 Å². The van der Waals surface area contributed by atoms with Gasteiger partial charge >= 0.3 is 5.69 Å². The molecule has 0 atom stereocenters. The molecule has 2 aromatic heterocycles. The summed E-state index contributed by atoms with van der Waals surface area (Å²) in [6.07, 6.45) is 0. The van der Waals surface area contributed by atoms with E-state index in [1.165, 1.54) is 28.8 Å². The number of ether oxygens (including phenoxy) is 2. The Balaban J connectivity index is 1.46. The number of hydrogen-bond acceptors (Lipinski definition) is 6. The second-order valence-corrected chi connectivity index (χ2v) is 7.98. The zero-order valence-corrected chi connectivity index (χ0v) is 17.4. The summed E-state index contributed by atoms with van der Waals surface area (Å²) < 4.78 is 27.2. The van der Waals surface area contributed by atoms with Crippen LogP contribution in [-0.2, 0) is 17.9 Å². The van der Waals surface area contributed by atoms with Crippen LogP contribution in [0.3, 0.4) is 0 Å². The number of carbonyl (C=O) groups is 1. The summed E-state index contributed by atoms with van der Waals surface area (Å²) in [7, 11) is 0. The lowest BCUT2D eigenvalue weighted by molar-refractivity contribution is -0.121. The second kappa shape index (κ2) is 7.97. The van der Waals surface area contributed by atoms with E-state index in [1.807, 2.05) is 0 Å². The highest BCUT2D eigenvalue weighted by atomic mass is 32.1. The maximum absolute atomic E-state index is 14.4. The number of rotatable bonds is 5. The highest BCUT2D eigenvalue weighted by Crippen LogP contribution is 2.32.